The lowest BCUT2D eigenvalue weighted by Gasteiger charge is -2.09. The Bertz CT molecular complexity index is 966. The molecule has 1 aliphatic heterocycles. The summed E-state index contributed by atoms with van der Waals surface area (Å²) < 4.78 is 0. The minimum Gasteiger partial charge on any atom is -0.507 e. The van der Waals surface area contributed by atoms with Crippen LogP contribution < -0.4 is 5.32 Å². The van der Waals surface area contributed by atoms with E-state index in [1.807, 2.05) is 0 Å². The summed E-state index contributed by atoms with van der Waals surface area (Å²) in [5.74, 6) is -3.19. The molecule has 3 N–H and O–H groups in total. The van der Waals surface area contributed by atoms with E-state index in [2.05, 4.69) is 5.32 Å². The molecule has 0 saturated carbocycles. The summed E-state index contributed by atoms with van der Waals surface area (Å²) in [4.78, 5) is 48.8. The zero-order chi connectivity index (χ0) is 19.0. The van der Waals surface area contributed by atoms with Gasteiger partial charge >= 0.3 is 5.97 Å². The third-order valence-electron chi connectivity index (χ3n) is 4.03. The van der Waals surface area contributed by atoms with Crippen molar-refractivity contribution in [2.24, 2.45) is 0 Å². The van der Waals surface area contributed by atoms with Crippen molar-refractivity contribution in [1.29, 1.82) is 0 Å². The van der Waals surface area contributed by atoms with Gasteiger partial charge in [-0.1, -0.05) is 0 Å². The molecule has 0 unspecified atom stereocenters. The van der Waals surface area contributed by atoms with Gasteiger partial charge in [0.25, 0.3) is 17.7 Å². The summed E-state index contributed by atoms with van der Waals surface area (Å²) in [5.41, 5.74) is 0.361. The molecule has 3 rings (SSSR count). The summed E-state index contributed by atoms with van der Waals surface area (Å²) in [6.45, 7) is 1.92. The van der Waals surface area contributed by atoms with Gasteiger partial charge in [-0.2, -0.15) is 0 Å². The molecular weight excluding hydrogens is 340 g/mol. The fourth-order valence-corrected chi connectivity index (χ4v) is 2.71. The first-order chi connectivity index (χ1) is 12.3. The number of benzene rings is 2. The molecule has 0 atom stereocenters. The maximum absolute atomic E-state index is 12.4. The van der Waals surface area contributed by atoms with Crippen LogP contribution in [0.2, 0.25) is 0 Å². The second kappa shape index (κ2) is 6.32. The second-order valence-electron chi connectivity index (χ2n) is 5.61. The lowest BCUT2D eigenvalue weighted by Crippen LogP contribution is -2.29. The zero-order valence-corrected chi connectivity index (χ0v) is 13.6. The first-order valence-corrected chi connectivity index (χ1v) is 7.71. The predicted molar refractivity (Wildman–Crippen MR) is 90.5 cm³/mol. The summed E-state index contributed by atoms with van der Waals surface area (Å²) >= 11 is 0. The number of carbonyl (C=O) groups is 4. The number of anilines is 1. The van der Waals surface area contributed by atoms with Crippen molar-refractivity contribution in [1.82, 2.24) is 4.90 Å². The van der Waals surface area contributed by atoms with Gasteiger partial charge in [-0.05, 0) is 43.3 Å². The Morgan fingerprint density at radius 3 is 2.38 bits per heavy atom. The molecule has 1 aliphatic rings. The van der Waals surface area contributed by atoms with Crippen LogP contribution in [0.1, 0.15) is 48.4 Å². The van der Waals surface area contributed by atoms with Crippen LogP contribution in [0, 0.1) is 0 Å². The van der Waals surface area contributed by atoms with Crippen LogP contribution in [0.25, 0.3) is 0 Å². The zero-order valence-electron chi connectivity index (χ0n) is 13.6. The Kier molecular flexibility index (Phi) is 4.17. The van der Waals surface area contributed by atoms with E-state index < -0.39 is 29.4 Å². The number of nitrogens with zero attached hydrogens (tertiary/aromatic N) is 1. The van der Waals surface area contributed by atoms with E-state index in [9.17, 15) is 24.3 Å². The number of amides is 3. The van der Waals surface area contributed by atoms with E-state index in [1.54, 1.807) is 6.92 Å². The number of rotatable bonds is 4. The number of fused-ring (bicyclic) bond motifs is 1. The number of hydrogen-bond donors (Lipinski definition) is 3. The molecule has 0 bridgehead atoms. The molecule has 2 aromatic rings. The number of carboxylic acids is 1. The van der Waals surface area contributed by atoms with Crippen molar-refractivity contribution in [3.63, 3.8) is 0 Å². The van der Waals surface area contributed by atoms with Gasteiger partial charge in [0.2, 0.25) is 0 Å². The third-order valence-corrected chi connectivity index (χ3v) is 4.03. The number of carboxylic acid groups (broad SMARTS) is 1. The average molecular weight is 354 g/mol. The number of hydrogen-bond acceptors (Lipinski definition) is 5. The number of nitrogens with one attached hydrogen (secondary N) is 1. The molecule has 0 saturated heterocycles. The Morgan fingerprint density at radius 1 is 1.04 bits per heavy atom. The van der Waals surface area contributed by atoms with Crippen LogP contribution in [-0.4, -0.2) is 45.3 Å². The largest absolute Gasteiger partial charge is 0.507 e. The highest BCUT2D eigenvalue weighted by Crippen LogP contribution is 2.25. The monoisotopic (exact) mass is 354 g/mol. The predicted octanol–water partition coefficient (Wildman–Crippen LogP) is 1.96. The molecule has 0 aromatic heterocycles. The SMILES string of the molecule is CCN1C(=O)c2ccc(C(=O)Nc3ccc(O)c(C(=O)O)c3)cc2C1=O. The highest BCUT2D eigenvalue weighted by molar-refractivity contribution is 6.22. The lowest BCUT2D eigenvalue weighted by molar-refractivity contribution is 0.0658. The van der Waals surface area contributed by atoms with Crippen LogP contribution in [0.4, 0.5) is 5.69 Å². The molecule has 3 amide bonds. The number of phenols is 1. The van der Waals surface area contributed by atoms with Crippen molar-refractivity contribution in [3.05, 3.63) is 58.7 Å². The van der Waals surface area contributed by atoms with Crippen LogP contribution in [-0.2, 0) is 0 Å². The van der Waals surface area contributed by atoms with E-state index in [0.29, 0.717) is 0 Å². The molecular formula is C18H14N2O6. The molecule has 0 radical (unpaired) electrons. The second-order valence-corrected chi connectivity index (χ2v) is 5.61. The van der Waals surface area contributed by atoms with Gasteiger partial charge in [-0.25, -0.2) is 4.79 Å². The Labute approximate surface area is 147 Å². The van der Waals surface area contributed by atoms with Gasteiger partial charge in [0.05, 0.1) is 11.1 Å². The molecule has 0 spiro atoms. The van der Waals surface area contributed by atoms with Crippen molar-refractivity contribution in [2.45, 2.75) is 6.92 Å². The first kappa shape index (κ1) is 17.2. The summed E-state index contributed by atoms with van der Waals surface area (Å²) in [5, 5.41) is 21.0. The molecule has 0 aliphatic carbocycles. The maximum atomic E-state index is 12.4. The maximum Gasteiger partial charge on any atom is 0.339 e. The quantitative estimate of drug-likeness (QED) is 0.569. The van der Waals surface area contributed by atoms with Crippen molar-refractivity contribution >= 4 is 29.4 Å². The van der Waals surface area contributed by atoms with Gasteiger partial charge < -0.3 is 15.5 Å². The van der Waals surface area contributed by atoms with Crippen LogP contribution in [0.15, 0.2) is 36.4 Å². The topological polar surface area (TPSA) is 124 Å². The molecule has 132 valence electrons. The normalized spacial score (nSPS) is 12.9. The van der Waals surface area contributed by atoms with Crippen LogP contribution in [0.5, 0.6) is 5.75 Å². The van der Waals surface area contributed by atoms with Crippen molar-refractivity contribution in [2.75, 3.05) is 11.9 Å². The van der Waals surface area contributed by atoms with E-state index in [-0.39, 0.29) is 34.5 Å². The fourth-order valence-electron chi connectivity index (χ4n) is 2.71. The molecule has 1 heterocycles. The summed E-state index contributed by atoms with van der Waals surface area (Å²) in [6.07, 6.45) is 0. The standard InChI is InChI=1S/C18H14N2O6/c1-2-20-16(23)11-5-3-9(7-12(11)17(20)24)15(22)19-10-4-6-14(21)13(8-10)18(25)26/h3-8,21H,2H2,1H3,(H,19,22)(H,25,26). The number of aromatic hydroxyl groups is 1. The highest BCUT2D eigenvalue weighted by Gasteiger charge is 2.34. The first-order valence-electron chi connectivity index (χ1n) is 7.71. The van der Waals surface area contributed by atoms with Gasteiger partial charge in [0.15, 0.2) is 0 Å². The molecule has 0 fully saturated rings. The Morgan fingerprint density at radius 2 is 1.73 bits per heavy atom. The van der Waals surface area contributed by atoms with Crippen molar-refractivity contribution < 1.29 is 29.4 Å². The minimum atomic E-state index is -1.33. The highest BCUT2D eigenvalue weighted by atomic mass is 16.4. The Balaban J connectivity index is 1.88. The molecule has 2 aromatic carbocycles. The summed E-state index contributed by atoms with van der Waals surface area (Å²) in [7, 11) is 0. The minimum absolute atomic E-state index is 0.146. The summed E-state index contributed by atoms with van der Waals surface area (Å²) in [6, 6.07) is 7.79. The average Bonchev–Trinajstić information content (AvgIpc) is 2.86. The molecule has 26 heavy (non-hydrogen) atoms. The lowest BCUT2D eigenvalue weighted by atomic mass is 10.1. The van der Waals surface area contributed by atoms with Gasteiger partial charge in [0.1, 0.15) is 11.3 Å². The van der Waals surface area contributed by atoms with E-state index in [4.69, 9.17) is 5.11 Å². The smallest absolute Gasteiger partial charge is 0.339 e. The number of imide groups is 1. The van der Waals surface area contributed by atoms with Gasteiger partial charge in [0, 0.05) is 17.8 Å². The number of aromatic carboxylic acids is 1. The Hall–Kier alpha value is -3.68. The van der Waals surface area contributed by atoms with E-state index >= 15 is 0 Å². The number of carbonyl (C=O) groups excluding carboxylic acids is 3. The molecule has 8 heteroatoms. The van der Waals surface area contributed by atoms with E-state index in [0.717, 1.165) is 17.0 Å². The van der Waals surface area contributed by atoms with Crippen LogP contribution in [0.3, 0.4) is 0 Å². The fraction of sp³-hybridized carbons (Fsp3) is 0.111. The molecule has 8 nitrogen and oxygen atoms in total. The third kappa shape index (κ3) is 2.77. The van der Waals surface area contributed by atoms with Gasteiger partial charge in [-0.3, -0.25) is 19.3 Å². The van der Waals surface area contributed by atoms with Crippen LogP contribution >= 0.6 is 0 Å². The van der Waals surface area contributed by atoms with Crippen molar-refractivity contribution in [3.8, 4) is 5.75 Å². The van der Waals surface area contributed by atoms with Gasteiger partial charge in [-0.15, -0.1) is 0 Å². The van der Waals surface area contributed by atoms with E-state index in [1.165, 1.54) is 24.3 Å².